The first-order chi connectivity index (χ1) is 8.45. The second kappa shape index (κ2) is 5.92. The van der Waals surface area contributed by atoms with Gasteiger partial charge in [-0.25, -0.2) is 9.48 Å². The maximum absolute atomic E-state index is 11.7. The third kappa shape index (κ3) is 3.39. The minimum absolute atomic E-state index is 0.0683. The zero-order valence-corrected chi connectivity index (χ0v) is 9.66. The number of amides is 1. The molecule has 1 aromatic heterocycles. The number of nitrogens with zero attached hydrogens (tertiary/aromatic N) is 2. The second-order valence-corrected chi connectivity index (χ2v) is 3.56. The predicted molar refractivity (Wildman–Crippen MR) is 60.1 cm³/mol. The predicted octanol–water partition coefficient (Wildman–Crippen LogP) is -1.65. The van der Waals surface area contributed by atoms with Crippen molar-refractivity contribution < 1.29 is 19.8 Å². The smallest absolute Gasteiger partial charge is 0.326 e. The zero-order valence-electron chi connectivity index (χ0n) is 9.66. The number of aliphatic hydroxyl groups is 1. The summed E-state index contributed by atoms with van der Waals surface area (Å²) in [5.41, 5.74) is -0.446. The molecule has 0 bridgehead atoms. The van der Waals surface area contributed by atoms with Gasteiger partial charge in [-0.05, 0) is 6.07 Å². The lowest BCUT2D eigenvalue weighted by Gasteiger charge is -2.12. The third-order valence-electron chi connectivity index (χ3n) is 2.21. The van der Waals surface area contributed by atoms with E-state index in [2.05, 4.69) is 10.4 Å². The number of aromatic nitrogens is 2. The molecule has 1 rings (SSSR count). The lowest BCUT2D eigenvalue weighted by Crippen LogP contribution is -2.42. The molecule has 8 nitrogen and oxygen atoms in total. The van der Waals surface area contributed by atoms with Crippen molar-refractivity contribution in [1.82, 2.24) is 15.1 Å². The summed E-state index contributed by atoms with van der Waals surface area (Å²) in [5.74, 6) is -1.96. The van der Waals surface area contributed by atoms with Crippen LogP contribution in [0.1, 0.15) is 16.9 Å². The summed E-state index contributed by atoms with van der Waals surface area (Å²) < 4.78 is 0.969. The van der Waals surface area contributed by atoms with Crippen molar-refractivity contribution in [1.29, 1.82) is 0 Å². The number of nitrogens with one attached hydrogen (secondary N) is 1. The number of carbonyl (C=O) groups is 2. The Kier molecular flexibility index (Phi) is 4.55. The van der Waals surface area contributed by atoms with Crippen molar-refractivity contribution in [2.24, 2.45) is 7.05 Å². The van der Waals surface area contributed by atoms with E-state index in [1.54, 1.807) is 0 Å². The Morgan fingerprint density at radius 1 is 1.50 bits per heavy atom. The van der Waals surface area contributed by atoms with Gasteiger partial charge in [-0.1, -0.05) is 0 Å². The summed E-state index contributed by atoms with van der Waals surface area (Å²) in [6, 6.07) is 1.17. The monoisotopic (exact) mass is 255 g/mol. The minimum Gasteiger partial charge on any atom is -0.480 e. The lowest BCUT2D eigenvalue weighted by atomic mass is 10.2. The van der Waals surface area contributed by atoms with Gasteiger partial charge in [0.05, 0.1) is 0 Å². The molecule has 1 unspecified atom stereocenters. The fourth-order valence-electron chi connectivity index (χ4n) is 1.24. The molecule has 0 aliphatic heterocycles. The summed E-state index contributed by atoms with van der Waals surface area (Å²) in [6.45, 7) is -0.363. The normalized spacial score (nSPS) is 11.9. The lowest BCUT2D eigenvalue weighted by molar-refractivity contribution is -0.139. The second-order valence-electron chi connectivity index (χ2n) is 3.56. The number of carbonyl (C=O) groups excluding carboxylic acids is 1. The van der Waals surface area contributed by atoms with Crippen LogP contribution in [-0.4, -0.2) is 44.5 Å². The summed E-state index contributed by atoms with van der Waals surface area (Å²) in [4.78, 5) is 33.5. The van der Waals surface area contributed by atoms with Crippen LogP contribution in [-0.2, 0) is 11.8 Å². The van der Waals surface area contributed by atoms with Gasteiger partial charge in [0.1, 0.15) is 11.7 Å². The van der Waals surface area contributed by atoms with Crippen molar-refractivity contribution in [3.05, 3.63) is 28.2 Å². The Morgan fingerprint density at radius 2 is 2.17 bits per heavy atom. The summed E-state index contributed by atoms with van der Waals surface area (Å²) in [7, 11) is 1.38. The van der Waals surface area contributed by atoms with Crippen molar-refractivity contribution in [2.75, 3.05) is 6.61 Å². The number of aliphatic carboxylic acids is 1. The largest absolute Gasteiger partial charge is 0.480 e. The molecule has 3 N–H and O–H groups in total. The van der Waals surface area contributed by atoms with Gasteiger partial charge in [0.15, 0.2) is 0 Å². The van der Waals surface area contributed by atoms with Gasteiger partial charge in [-0.15, -0.1) is 0 Å². The Morgan fingerprint density at radius 3 is 2.67 bits per heavy atom. The average molecular weight is 255 g/mol. The maximum Gasteiger partial charge on any atom is 0.326 e. The Bertz CT molecular complexity index is 510. The number of rotatable bonds is 5. The van der Waals surface area contributed by atoms with Crippen molar-refractivity contribution >= 4 is 11.9 Å². The highest BCUT2D eigenvalue weighted by Gasteiger charge is 2.20. The van der Waals surface area contributed by atoms with E-state index in [-0.39, 0.29) is 24.3 Å². The van der Waals surface area contributed by atoms with Gasteiger partial charge in [0.25, 0.3) is 11.5 Å². The first-order valence-corrected chi connectivity index (χ1v) is 5.14. The molecular weight excluding hydrogens is 242 g/mol. The summed E-state index contributed by atoms with van der Waals surface area (Å²) in [5, 5.41) is 23.4. The highest BCUT2D eigenvalue weighted by atomic mass is 16.4. The van der Waals surface area contributed by atoms with E-state index in [1.165, 1.54) is 13.1 Å². The summed E-state index contributed by atoms with van der Waals surface area (Å²) in [6.07, 6.45) is -0.104. The van der Waals surface area contributed by atoms with Crippen LogP contribution < -0.4 is 10.9 Å². The first kappa shape index (κ1) is 13.8. The summed E-state index contributed by atoms with van der Waals surface area (Å²) >= 11 is 0. The average Bonchev–Trinajstić information content (AvgIpc) is 2.31. The molecule has 1 amide bonds. The highest BCUT2D eigenvalue weighted by molar-refractivity contribution is 5.94. The fraction of sp³-hybridized carbons (Fsp3) is 0.400. The van der Waals surface area contributed by atoms with Crippen LogP contribution in [0.4, 0.5) is 0 Å². The molecular formula is C10H13N3O5. The maximum atomic E-state index is 11.7. The molecule has 0 saturated carbocycles. The molecule has 0 aliphatic carbocycles. The molecule has 0 spiro atoms. The van der Waals surface area contributed by atoms with E-state index in [1.807, 2.05) is 0 Å². The van der Waals surface area contributed by atoms with Gasteiger partial charge in [0.2, 0.25) is 0 Å². The number of carboxylic acid groups (broad SMARTS) is 1. The first-order valence-electron chi connectivity index (χ1n) is 5.14. The number of carboxylic acids is 1. The van der Waals surface area contributed by atoms with Crippen LogP contribution in [0.3, 0.4) is 0 Å². The molecule has 98 valence electrons. The highest BCUT2D eigenvalue weighted by Crippen LogP contribution is 1.96. The SMILES string of the molecule is Cn1nc(C(=O)NC(CCO)C(=O)O)ccc1=O. The molecule has 0 fully saturated rings. The Hall–Kier alpha value is -2.22. The van der Waals surface area contributed by atoms with E-state index in [4.69, 9.17) is 10.2 Å². The van der Waals surface area contributed by atoms with Crippen molar-refractivity contribution in [2.45, 2.75) is 12.5 Å². The van der Waals surface area contributed by atoms with Crippen LogP contribution in [0.5, 0.6) is 0 Å². The van der Waals surface area contributed by atoms with Gasteiger partial charge < -0.3 is 15.5 Å². The van der Waals surface area contributed by atoms with Crippen LogP contribution >= 0.6 is 0 Å². The van der Waals surface area contributed by atoms with E-state index in [0.717, 1.165) is 10.7 Å². The minimum atomic E-state index is -1.25. The third-order valence-corrected chi connectivity index (χ3v) is 2.21. The molecule has 8 heteroatoms. The molecule has 1 aromatic rings. The number of aryl methyl sites for hydroxylation is 1. The van der Waals surface area contributed by atoms with Crippen LogP contribution in [0, 0.1) is 0 Å². The molecule has 0 radical (unpaired) electrons. The van der Waals surface area contributed by atoms with Crippen LogP contribution in [0.25, 0.3) is 0 Å². The van der Waals surface area contributed by atoms with Crippen LogP contribution in [0.15, 0.2) is 16.9 Å². The van der Waals surface area contributed by atoms with Gasteiger partial charge in [-0.3, -0.25) is 9.59 Å². The van der Waals surface area contributed by atoms with E-state index in [9.17, 15) is 14.4 Å². The Labute approximate surface area is 102 Å². The van der Waals surface area contributed by atoms with Gasteiger partial charge in [0, 0.05) is 26.1 Å². The number of aliphatic hydroxyl groups excluding tert-OH is 1. The van der Waals surface area contributed by atoms with E-state index in [0.29, 0.717) is 0 Å². The molecule has 0 saturated heterocycles. The number of hydrogen-bond donors (Lipinski definition) is 3. The van der Waals surface area contributed by atoms with Crippen LogP contribution in [0.2, 0.25) is 0 Å². The molecule has 1 atom stereocenters. The fourth-order valence-corrected chi connectivity index (χ4v) is 1.24. The van der Waals surface area contributed by atoms with Gasteiger partial charge >= 0.3 is 5.97 Å². The quantitative estimate of drug-likeness (QED) is 0.579. The van der Waals surface area contributed by atoms with Crippen molar-refractivity contribution in [3.8, 4) is 0 Å². The molecule has 0 aromatic carbocycles. The topological polar surface area (TPSA) is 122 Å². The molecule has 18 heavy (non-hydrogen) atoms. The molecule has 0 aliphatic rings. The van der Waals surface area contributed by atoms with E-state index < -0.39 is 17.9 Å². The van der Waals surface area contributed by atoms with Crippen molar-refractivity contribution in [3.63, 3.8) is 0 Å². The standard InChI is InChI=1S/C10H13N3O5/c1-13-8(15)3-2-6(12-13)9(16)11-7(4-5-14)10(17)18/h2-3,7,14H,4-5H2,1H3,(H,11,16)(H,17,18). The Balaban J connectivity index is 2.83. The molecule has 1 heterocycles. The van der Waals surface area contributed by atoms with Gasteiger partial charge in [-0.2, -0.15) is 5.10 Å². The zero-order chi connectivity index (χ0) is 13.7. The van der Waals surface area contributed by atoms with E-state index >= 15 is 0 Å². The number of hydrogen-bond acceptors (Lipinski definition) is 5.